The third-order valence-electron chi connectivity index (χ3n) is 2.75. The van der Waals surface area contributed by atoms with Crippen molar-refractivity contribution in [1.29, 1.82) is 0 Å². The van der Waals surface area contributed by atoms with E-state index in [1.54, 1.807) is 0 Å². The fraction of sp³-hybridized carbons (Fsp3) is 0.231. The van der Waals surface area contributed by atoms with Gasteiger partial charge in [0.15, 0.2) is 11.0 Å². The largest absolute Gasteiger partial charge is 0.393 e. The van der Waals surface area contributed by atoms with Gasteiger partial charge in [-0.05, 0) is 17.7 Å². The van der Waals surface area contributed by atoms with Crippen molar-refractivity contribution in [2.24, 2.45) is 0 Å². The van der Waals surface area contributed by atoms with Crippen LogP contribution in [0.3, 0.4) is 0 Å². The molecule has 100 valence electrons. The lowest BCUT2D eigenvalue weighted by molar-refractivity contribution is 1.08. The molecule has 0 aliphatic rings. The van der Waals surface area contributed by atoms with Crippen molar-refractivity contribution in [3.63, 3.8) is 0 Å². The van der Waals surface area contributed by atoms with Gasteiger partial charge in [-0.2, -0.15) is 0 Å². The van der Waals surface area contributed by atoms with Gasteiger partial charge in [-0.15, -0.1) is 0 Å². The van der Waals surface area contributed by atoms with Gasteiger partial charge in [0.25, 0.3) is 0 Å². The lowest BCUT2D eigenvalue weighted by atomic mass is 10.2. The van der Waals surface area contributed by atoms with E-state index in [1.165, 1.54) is 6.33 Å². The predicted octanol–water partition coefficient (Wildman–Crippen LogP) is 2.39. The Bertz CT molecular complexity index is 553. The number of hydrogen-bond donors (Lipinski definition) is 2. The third-order valence-corrected chi connectivity index (χ3v) is 3.05. The standard InChI is InChI=1S/C13H16ClN5/c1-19(2)10-5-3-9(4-6-10)7-16-13-11(15)12(14)17-8-18-13/h3-6,8H,7,15H2,1-2H3,(H,16,17,18). The Morgan fingerprint density at radius 2 is 1.89 bits per heavy atom. The lowest BCUT2D eigenvalue weighted by Crippen LogP contribution is -2.09. The maximum Gasteiger partial charge on any atom is 0.157 e. The van der Waals surface area contributed by atoms with E-state index in [-0.39, 0.29) is 5.15 Å². The van der Waals surface area contributed by atoms with E-state index >= 15 is 0 Å². The van der Waals surface area contributed by atoms with Crippen molar-refractivity contribution in [2.45, 2.75) is 6.54 Å². The molecular weight excluding hydrogens is 262 g/mol. The second kappa shape index (κ2) is 5.75. The van der Waals surface area contributed by atoms with Crippen LogP contribution in [0.15, 0.2) is 30.6 Å². The summed E-state index contributed by atoms with van der Waals surface area (Å²) in [6, 6.07) is 8.24. The minimum atomic E-state index is 0.264. The molecule has 0 saturated carbocycles. The molecule has 19 heavy (non-hydrogen) atoms. The number of aromatic nitrogens is 2. The summed E-state index contributed by atoms with van der Waals surface area (Å²) in [6.07, 6.45) is 1.39. The molecule has 3 N–H and O–H groups in total. The summed E-state index contributed by atoms with van der Waals surface area (Å²) in [7, 11) is 4.02. The molecule has 0 radical (unpaired) electrons. The van der Waals surface area contributed by atoms with Crippen LogP contribution < -0.4 is 16.0 Å². The molecule has 0 atom stereocenters. The monoisotopic (exact) mass is 277 g/mol. The maximum atomic E-state index is 5.83. The van der Waals surface area contributed by atoms with Gasteiger partial charge in [-0.1, -0.05) is 23.7 Å². The molecule has 0 saturated heterocycles. The van der Waals surface area contributed by atoms with Crippen LogP contribution in [0, 0.1) is 0 Å². The average molecular weight is 278 g/mol. The number of nitrogens with two attached hydrogens (primary N) is 1. The Balaban J connectivity index is 2.04. The number of halogens is 1. The number of nitrogens with zero attached hydrogens (tertiary/aromatic N) is 3. The van der Waals surface area contributed by atoms with Crippen molar-refractivity contribution in [1.82, 2.24) is 9.97 Å². The minimum absolute atomic E-state index is 0.264. The van der Waals surface area contributed by atoms with E-state index in [0.29, 0.717) is 18.1 Å². The van der Waals surface area contributed by atoms with Gasteiger partial charge in [0.05, 0.1) is 0 Å². The molecule has 0 bridgehead atoms. The summed E-state index contributed by atoms with van der Waals surface area (Å²) in [4.78, 5) is 9.92. The first-order chi connectivity index (χ1) is 9.08. The van der Waals surface area contributed by atoms with Gasteiger partial charge in [0.2, 0.25) is 0 Å². The second-order valence-corrected chi connectivity index (χ2v) is 4.70. The highest BCUT2D eigenvalue weighted by molar-refractivity contribution is 6.32. The summed E-state index contributed by atoms with van der Waals surface area (Å²) >= 11 is 5.83. The zero-order chi connectivity index (χ0) is 13.8. The van der Waals surface area contributed by atoms with Crippen LogP contribution >= 0.6 is 11.6 Å². The molecule has 2 rings (SSSR count). The van der Waals surface area contributed by atoms with E-state index < -0.39 is 0 Å². The van der Waals surface area contributed by atoms with E-state index in [1.807, 2.05) is 14.1 Å². The second-order valence-electron chi connectivity index (χ2n) is 4.34. The molecule has 1 heterocycles. The number of nitrogen functional groups attached to an aromatic ring is 1. The highest BCUT2D eigenvalue weighted by Crippen LogP contribution is 2.22. The first-order valence-corrected chi connectivity index (χ1v) is 6.22. The molecule has 6 heteroatoms. The lowest BCUT2D eigenvalue weighted by Gasteiger charge is -2.13. The topological polar surface area (TPSA) is 67.1 Å². The smallest absolute Gasteiger partial charge is 0.157 e. The van der Waals surface area contributed by atoms with Crippen LogP contribution in [0.25, 0.3) is 0 Å². The Morgan fingerprint density at radius 1 is 1.21 bits per heavy atom. The van der Waals surface area contributed by atoms with E-state index in [4.69, 9.17) is 17.3 Å². The van der Waals surface area contributed by atoms with Crippen molar-refractivity contribution in [3.8, 4) is 0 Å². The van der Waals surface area contributed by atoms with Gasteiger partial charge < -0.3 is 16.0 Å². The molecule has 1 aromatic heterocycles. The van der Waals surface area contributed by atoms with E-state index in [2.05, 4.69) is 44.5 Å². The van der Waals surface area contributed by atoms with Crippen LogP contribution in [-0.4, -0.2) is 24.1 Å². The van der Waals surface area contributed by atoms with Crippen LogP contribution in [-0.2, 0) is 6.54 Å². The average Bonchev–Trinajstić information content (AvgIpc) is 2.41. The summed E-state index contributed by atoms with van der Waals surface area (Å²) in [5, 5.41) is 3.41. The van der Waals surface area contributed by atoms with Crippen LogP contribution in [0.2, 0.25) is 5.15 Å². The molecule has 1 aromatic carbocycles. The van der Waals surface area contributed by atoms with Gasteiger partial charge in [-0.3, -0.25) is 0 Å². The SMILES string of the molecule is CN(C)c1ccc(CNc2ncnc(Cl)c2N)cc1. The van der Waals surface area contributed by atoms with Gasteiger partial charge in [0.1, 0.15) is 12.0 Å². The van der Waals surface area contributed by atoms with Crippen LogP contribution in [0.5, 0.6) is 0 Å². The number of benzene rings is 1. The van der Waals surface area contributed by atoms with Gasteiger partial charge in [-0.25, -0.2) is 9.97 Å². The highest BCUT2D eigenvalue weighted by atomic mass is 35.5. The molecule has 0 unspecified atom stereocenters. The van der Waals surface area contributed by atoms with E-state index in [9.17, 15) is 0 Å². The molecule has 0 aliphatic carbocycles. The van der Waals surface area contributed by atoms with Crippen molar-refractivity contribution in [2.75, 3.05) is 30.0 Å². The highest BCUT2D eigenvalue weighted by Gasteiger charge is 2.05. The Kier molecular flexibility index (Phi) is 4.06. The predicted molar refractivity (Wildman–Crippen MR) is 79.6 cm³/mol. The molecule has 0 aliphatic heterocycles. The number of hydrogen-bond acceptors (Lipinski definition) is 5. The molecule has 0 fully saturated rings. The van der Waals surface area contributed by atoms with Gasteiger partial charge >= 0.3 is 0 Å². The zero-order valence-electron chi connectivity index (χ0n) is 10.9. The summed E-state index contributed by atoms with van der Waals surface area (Å²) < 4.78 is 0. The zero-order valence-corrected chi connectivity index (χ0v) is 11.6. The van der Waals surface area contributed by atoms with Crippen LogP contribution in [0.4, 0.5) is 17.2 Å². The fourth-order valence-corrected chi connectivity index (χ4v) is 1.75. The van der Waals surface area contributed by atoms with Gasteiger partial charge in [0, 0.05) is 26.3 Å². The minimum Gasteiger partial charge on any atom is -0.393 e. The summed E-state index contributed by atoms with van der Waals surface area (Å²) in [5.41, 5.74) is 8.45. The quantitative estimate of drug-likeness (QED) is 0.840. The summed E-state index contributed by atoms with van der Waals surface area (Å²) in [6.45, 7) is 0.630. The maximum absolute atomic E-state index is 5.83. The van der Waals surface area contributed by atoms with Crippen LogP contribution in [0.1, 0.15) is 5.56 Å². The molecule has 5 nitrogen and oxygen atoms in total. The van der Waals surface area contributed by atoms with E-state index in [0.717, 1.165) is 11.3 Å². The number of anilines is 3. The first kappa shape index (κ1) is 13.4. The van der Waals surface area contributed by atoms with Crippen molar-refractivity contribution < 1.29 is 0 Å². The molecule has 0 amide bonds. The molecule has 2 aromatic rings. The molecular formula is C13H16ClN5. The van der Waals surface area contributed by atoms with Crippen molar-refractivity contribution >= 4 is 28.8 Å². The Hall–Kier alpha value is -2.01. The Morgan fingerprint density at radius 3 is 2.53 bits per heavy atom. The molecule has 0 spiro atoms. The van der Waals surface area contributed by atoms with Crippen molar-refractivity contribution in [3.05, 3.63) is 41.3 Å². The normalized spacial score (nSPS) is 10.3. The summed E-state index contributed by atoms with van der Waals surface area (Å²) in [5.74, 6) is 0.552. The number of nitrogens with one attached hydrogen (secondary N) is 1. The first-order valence-electron chi connectivity index (χ1n) is 5.84. The fourth-order valence-electron chi connectivity index (χ4n) is 1.61. The third kappa shape index (κ3) is 3.26. The number of rotatable bonds is 4. The Labute approximate surface area is 117 Å².